The molecular formula is C45H48N8O6. The number of ether oxygens (including phenoxy) is 1. The van der Waals surface area contributed by atoms with Crippen LogP contribution in [0.2, 0.25) is 0 Å². The average Bonchev–Trinajstić information content (AvgIpc) is 4.10. The molecular weight excluding hydrogens is 749 g/mol. The van der Waals surface area contributed by atoms with E-state index in [4.69, 9.17) is 19.6 Å². The first-order valence-corrected chi connectivity index (χ1v) is 20.1. The maximum absolute atomic E-state index is 13.9. The molecule has 3 N–H and O–H groups in total. The third-order valence-corrected chi connectivity index (χ3v) is 11.3. The van der Waals surface area contributed by atoms with Gasteiger partial charge in [-0.05, 0) is 91.5 Å². The predicted octanol–water partition coefficient (Wildman–Crippen LogP) is 7.39. The van der Waals surface area contributed by atoms with Crippen molar-refractivity contribution in [1.29, 1.82) is 0 Å². The number of methoxy groups -OCH3 is 1. The van der Waals surface area contributed by atoms with E-state index in [1.54, 1.807) is 0 Å². The van der Waals surface area contributed by atoms with E-state index in [2.05, 4.69) is 55.5 Å². The number of H-pyrrole nitrogens is 2. The molecule has 59 heavy (non-hydrogen) atoms. The van der Waals surface area contributed by atoms with Crippen LogP contribution in [-0.4, -0.2) is 81.4 Å². The normalized spacial score (nSPS) is 17.8. The molecule has 2 fully saturated rings. The van der Waals surface area contributed by atoms with Crippen molar-refractivity contribution in [2.45, 2.75) is 69.1 Å². The van der Waals surface area contributed by atoms with Gasteiger partial charge in [0.25, 0.3) is 11.8 Å². The zero-order valence-electron chi connectivity index (χ0n) is 33.2. The number of fused-ring (bicyclic) bond motifs is 2. The number of nitrogens with one attached hydrogen (secondary N) is 3. The third-order valence-electron chi connectivity index (χ3n) is 11.3. The molecule has 14 heteroatoms. The standard InChI is InChI=1S/C45H48N8O6/c1-57-45(56)51-40(32-16-7-4-8-17-32)44(55)53-25-11-19-38(53)42-48-34-23-21-30(27-36(34)50-42)13-9-12-29-20-22-33-35(26-29)49-41(47-33)37-18-10-24-52(37)43(54)39(46-28-59-58-2)31-14-5-3-6-15-31/h3-8,14-17,20-23,26-28,37-40H,9-13,18-19,24-25H2,1-2H3,(H,47,49)(H,48,50)(H,51,56)/b46-28-/t37-,38-,39+,40+/m0/s1. The maximum atomic E-state index is 13.9. The van der Waals surface area contributed by atoms with Crippen molar-refractivity contribution in [1.82, 2.24) is 35.1 Å². The fourth-order valence-corrected chi connectivity index (χ4v) is 8.39. The number of carbonyl (C=O) groups excluding carboxylic acids is 3. The van der Waals surface area contributed by atoms with Gasteiger partial charge in [0, 0.05) is 13.1 Å². The fraction of sp³-hybridized carbons (Fsp3) is 0.333. The molecule has 6 aromatic rings. The van der Waals surface area contributed by atoms with Gasteiger partial charge in [0.2, 0.25) is 6.40 Å². The van der Waals surface area contributed by atoms with Crippen LogP contribution in [0.4, 0.5) is 4.79 Å². The first-order chi connectivity index (χ1) is 28.9. The van der Waals surface area contributed by atoms with Crippen LogP contribution >= 0.6 is 0 Å². The van der Waals surface area contributed by atoms with Crippen LogP contribution in [0.1, 0.15) is 90.2 Å². The molecule has 14 nitrogen and oxygen atoms in total. The third kappa shape index (κ3) is 8.68. The van der Waals surface area contributed by atoms with Gasteiger partial charge in [-0.25, -0.2) is 19.8 Å². The summed E-state index contributed by atoms with van der Waals surface area (Å²) in [6, 6.07) is 29.3. The van der Waals surface area contributed by atoms with Crippen molar-refractivity contribution in [3.05, 3.63) is 131 Å². The minimum absolute atomic E-state index is 0.113. The van der Waals surface area contributed by atoms with E-state index >= 15 is 0 Å². The lowest BCUT2D eigenvalue weighted by atomic mass is 10.0. The molecule has 0 spiro atoms. The monoisotopic (exact) mass is 796 g/mol. The smallest absolute Gasteiger partial charge is 0.407 e. The van der Waals surface area contributed by atoms with Crippen molar-refractivity contribution < 1.29 is 28.9 Å². The Hall–Kier alpha value is -6.54. The molecule has 0 radical (unpaired) electrons. The van der Waals surface area contributed by atoms with Crippen LogP contribution < -0.4 is 5.32 Å². The Morgan fingerprint density at radius 2 is 1.37 bits per heavy atom. The lowest BCUT2D eigenvalue weighted by Gasteiger charge is -2.28. The highest BCUT2D eigenvalue weighted by molar-refractivity contribution is 5.88. The molecule has 8 rings (SSSR count). The number of aromatic nitrogens is 4. The fourth-order valence-electron chi connectivity index (χ4n) is 8.39. The molecule has 0 saturated carbocycles. The number of aromatic amines is 2. The van der Waals surface area contributed by atoms with E-state index in [9.17, 15) is 14.4 Å². The Labute approximate surface area is 341 Å². The molecule has 2 aliphatic rings. The first-order valence-electron chi connectivity index (χ1n) is 20.1. The van der Waals surface area contributed by atoms with E-state index in [1.165, 1.54) is 31.7 Å². The van der Waals surface area contributed by atoms with E-state index in [-0.39, 0.29) is 23.9 Å². The van der Waals surface area contributed by atoms with Gasteiger partial charge in [0.15, 0.2) is 6.04 Å². The number of alkyl carbamates (subject to hydrolysis) is 1. The summed E-state index contributed by atoms with van der Waals surface area (Å²) in [5.41, 5.74) is 7.45. The summed E-state index contributed by atoms with van der Waals surface area (Å²) < 4.78 is 4.84. The van der Waals surface area contributed by atoms with E-state index in [0.717, 1.165) is 84.2 Å². The minimum Gasteiger partial charge on any atom is -0.453 e. The zero-order chi connectivity index (χ0) is 40.7. The van der Waals surface area contributed by atoms with Crippen molar-refractivity contribution >= 4 is 46.4 Å². The number of aryl methyl sites for hydroxylation is 2. The van der Waals surface area contributed by atoms with Gasteiger partial charge in [-0.2, -0.15) is 4.89 Å². The highest BCUT2D eigenvalue weighted by Gasteiger charge is 2.38. The van der Waals surface area contributed by atoms with Gasteiger partial charge < -0.3 is 34.7 Å². The van der Waals surface area contributed by atoms with Crippen molar-refractivity contribution in [2.24, 2.45) is 4.99 Å². The number of aliphatic imine (C=N–C) groups is 1. The van der Waals surface area contributed by atoms with Gasteiger partial charge >= 0.3 is 6.09 Å². The first kappa shape index (κ1) is 39.3. The zero-order valence-corrected chi connectivity index (χ0v) is 33.2. The van der Waals surface area contributed by atoms with Gasteiger partial charge in [-0.3, -0.25) is 9.59 Å². The summed E-state index contributed by atoms with van der Waals surface area (Å²) in [5.74, 6) is 1.21. The minimum atomic E-state index is -0.869. The van der Waals surface area contributed by atoms with Crippen molar-refractivity contribution in [2.75, 3.05) is 27.3 Å². The highest BCUT2D eigenvalue weighted by atomic mass is 17.2. The number of amides is 3. The molecule has 3 amide bonds. The number of rotatable bonds is 14. The highest BCUT2D eigenvalue weighted by Crippen LogP contribution is 2.36. The van der Waals surface area contributed by atoms with Crippen LogP contribution in [0.15, 0.2) is 102 Å². The molecule has 0 unspecified atom stereocenters. The van der Waals surface area contributed by atoms with Crippen LogP contribution in [0.3, 0.4) is 0 Å². The number of imidazole rings is 2. The lowest BCUT2D eigenvalue weighted by Crippen LogP contribution is -2.42. The quantitative estimate of drug-likeness (QED) is 0.0444. The summed E-state index contributed by atoms with van der Waals surface area (Å²) in [5, 5.41) is 2.73. The van der Waals surface area contributed by atoms with E-state index in [0.29, 0.717) is 18.7 Å². The second-order valence-electron chi connectivity index (χ2n) is 15.0. The Bertz CT molecular complexity index is 2430. The molecule has 2 aromatic heterocycles. The number of likely N-dealkylation sites (tertiary alicyclic amines) is 2. The number of nitrogens with zero attached hydrogens (tertiary/aromatic N) is 5. The van der Waals surface area contributed by atoms with Crippen molar-refractivity contribution in [3.8, 4) is 0 Å². The summed E-state index contributed by atoms with van der Waals surface area (Å²) in [6.07, 6.45) is 6.47. The number of hydrogen-bond acceptors (Lipinski definition) is 9. The Balaban J connectivity index is 0.913. The largest absolute Gasteiger partial charge is 0.453 e. The molecule has 2 saturated heterocycles. The predicted molar refractivity (Wildman–Crippen MR) is 222 cm³/mol. The summed E-state index contributed by atoms with van der Waals surface area (Å²) in [6.45, 7) is 1.18. The summed E-state index contributed by atoms with van der Waals surface area (Å²) in [4.78, 5) is 74.7. The van der Waals surface area contributed by atoms with Crippen LogP contribution in [-0.2, 0) is 36.9 Å². The molecule has 4 atom stereocenters. The average molecular weight is 797 g/mol. The van der Waals surface area contributed by atoms with Gasteiger partial charge in [0.05, 0.1) is 48.4 Å². The summed E-state index contributed by atoms with van der Waals surface area (Å²) >= 11 is 0. The molecule has 4 heterocycles. The maximum Gasteiger partial charge on any atom is 0.407 e. The second kappa shape index (κ2) is 17.9. The SMILES string of the molecule is COO/C=N\[C@@H](C(=O)N1CCC[C@H]1c1nc2ccc(CCCc3ccc4[nH]c([C@@H]5CCCN5C(=O)[C@H](NC(=O)OC)c5ccccc5)nc4c3)cc2[nH]1)c1ccccc1. The molecule has 0 aliphatic carbocycles. The molecule has 304 valence electrons. The van der Waals surface area contributed by atoms with Crippen LogP contribution in [0.5, 0.6) is 0 Å². The van der Waals surface area contributed by atoms with Crippen molar-refractivity contribution in [3.63, 3.8) is 0 Å². The lowest BCUT2D eigenvalue weighted by molar-refractivity contribution is -0.188. The number of hydrogen-bond donors (Lipinski definition) is 3. The Morgan fingerprint density at radius 1 is 0.763 bits per heavy atom. The Morgan fingerprint density at radius 3 is 2.05 bits per heavy atom. The molecule has 0 bridgehead atoms. The van der Waals surface area contributed by atoms with Gasteiger partial charge in [0.1, 0.15) is 17.7 Å². The Kier molecular flexibility index (Phi) is 11.9. The number of carbonyl (C=O) groups is 3. The van der Waals surface area contributed by atoms with Gasteiger partial charge in [-0.1, -0.05) is 72.8 Å². The number of benzene rings is 4. The van der Waals surface area contributed by atoms with Crippen LogP contribution in [0.25, 0.3) is 22.1 Å². The van der Waals surface area contributed by atoms with Gasteiger partial charge in [-0.15, -0.1) is 0 Å². The van der Waals surface area contributed by atoms with E-state index in [1.807, 2.05) is 76.5 Å². The summed E-state index contributed by atoms with van der Waals surface area (Å²) in [7, 11) is 2.68. The van der Waals surface area contributed by atoms with Crippen LogP contribution in [0, 0.1) is 0 Å². The molecule has 2 aliphatic heterocycles. The topological polar surface area (TPSA) is 167 Å². The van der Waals surface area contributed by atoms with E-state index < -0.39 is 18.2 Å². The second-order valence-corrected chi connectivity index (χ2v) is 15.0. The molecule has 4 aromatic carbocycles.